The molecule has 0 heterocycles. The number of anilines is 1. The molecule has 0 saturated heterocycles. The molecule has 1 aromatic carbocycles. The molecule has 0 atom stereocenters. The molecule has 1 N–H and O–H groups in total. The minimum Gasteiger partial charge on any atom is -0.273 e. The molecule has 0 radical (unpaired) electrons. The Labute approximate surface area is 114 Å². The summed E-state index contributed by atoms with van der Waals surface area (Å²) >= 11 is 0. The second-order valence-electron chi connectivity index (χ2n) is 3.71. The summed E-state index contributed by atoms with van der Waals surface area (Å²) in [4.78, 5) is 34.1. The van der Waals surface area contributed by atoms with Gasteiger partial charge in [-0.3, -0.25) is 40.7 Å². The van der Waals surface area contributed by atoms with Crippen LogP contribution in [0.4, 0.5) is 22.7 Å². The average Bonchev–Trinajstić information content (AvgIpc) is 2.33. The molecule has 0 fully saturated rings. The monoisotopic (exact) mass is 288 g/mol. The van der Waals surface area contributed by atoms with Gasteiger partial charge in [0.1, 0.15) is 0 Å². The van der Waals surface area contributed by atoms with Gasteiger partial charge in [-0.25, -0.2) is 0 Å². The Kier molecular flexibility index (Phi) is 3.59. The number of nitro groups is 3. The van der Waals surface area contributed by atoms with Crippen molar-refractivity contribution >= 4 is 22.7 Å². The summed E-state index contributed by atoms with van der Waals surface area (Å²) in [6.07, 6.45) is -0.544. The highest BCUT2D eigenvalue weighted by atomic mass is 16.7. The molecule has 0 bridgehead atoms. The minimum absolute atomic E-state index is 0.544. The maximum atomic E-state index is 11.0. The van der Waals surface area contributed by atoms with Gasteiger partial charge in [0.15, 0.2) is 0 Å². The Morgan fingerprint density at radius 2 is 1.55 bits per heavy atom. The number of hydrogen-bond acceptors (Lipinski definition) is 8. The normalized spacial score (nSPS) is 11.8. The topological polar surface area (TPSA) is 151 Å². The minimum atomic E-state index is -1.33. The van der Waals surface area contributed by atoms with Crippen molar-refractivity contribution in [2.75, 3.05) is 5.48 Å². The fourth-order valence-corrected chi connectivity index (χ4v) is 1.13. The first kappa shape index (κ1) is 12.2. The summed E-state index contributed by atoms with van der Waals surface area (Å²) < 4.78 is 15.0. The molecule has 1 rings (SSSR count). The molecule has 0 aliphatic rings. The van der Waals surface area contributed by atoms with Crippen LogP contribution >= 0.6 is 0 Å². The number of nitrogens with zero attached hydrogens (tertiary/aromatic N) is 3. The summed E-state index contributed by atoms with van der Waals surface area (Å²) in [5.74, 6) is 0. The van der Waals surface area contributed by atoms with Gasteiger partial charge in [0, 0.05) is 0 Å². The quantitative estimate of drug-likeness (QED) is 0.617. The van der Waals surface area contributed by atoms with Gasteiger partial charge < -0.3 is 0 Å². The summed E-state index contributed by atoms with van der Waals surface area (Å²) in [6, 6.07) is -2.44. The van der Waals surface area contributed by atoms with E-state index in [0.717, 1.165) is 0 Å². The van der Waals surface area contributed by atoms with Gasteiger partial charge in [-0.2, -0.15) is 0 Å². The molecular weight excluding hydrogens is 276 g/mol. The number of nitrogens with one attached hydrogen (secondary N) is 1. The molecule has 108 valence electrons. The lowest BCUT2D eigenvalue weighted by Crippen LogP contribution is -2.12. The van der Waals surface area contributed by atoms with E-state index in [9.17, 15) is 30.3 Å². The zero-order chi connectivity index (χ0) is 17.2. The standard InChI is InChI=1S/C9H10N4O7/c1-5(2)20-10-9-7(12(16)17)3-6(11(14)15)4-8(9)13(18)19/h3-5,10H,1-2H3/i3D,4D. The maximum absolute atomic E-state index is 11.0. The fraction of sp³-hybridized carbons (Fsp3) is 0.333. The number of nitro benzene ring substituents is 3. The molecule has 0 unspecified atom stereocenters. The van der Waals surface area contributed by atoms with Crippen LogP contribution in [0.3, 0.4) is 0 Å². The molecule has 0 aliphatic carbocycles. The van der Waals surface area contributed by atoms with Gasteiger partial charge in [-0.15, -0.1) is 0 Å². The molecule has 11 heteroatoms. The lowest BCUT2D eigenvalue weighted by molar-refractivity contribution is -0.402. The van der Waals surface area contributed by atoms with Gasteiger partial charge in [0.05, 0.1) is 35.7 Å². The highest BCUT2D eigenvalue weighted by molar-refractivity contribution is 5.76. The van der Waals surface area contributed by atoms with Gasteiger partial charge in [-0.1, -0.05) is 0 Å². The van der Waals surface area contributed by atoms with E-state index < -0.39 is 55.7 Å². The summed E-state index contributed by atoms with van der Waals surface area (Å²) in [6.45, 7) is 3.03. The predicted octanol–water partition coefficient (Wildman–Crippen LogP) is 2.16. The number of hydrogen-bond donors (Lipinski definition) is 1. The van der Waals surface area contributed by atoms with Crippen molar-refractivity contribution in [1.29, 1.82) is 0 Å². The Bertz CT molecular complexity index is 623. The zero-order valence-electron chi connectivity index (χ0n) is 12.3. The summed E-state index contributed by atoms with van der Waals surface area (Å²) in [5.41, 5.74) is -2.69. The molecule has 11 nitrogen and oxygen atoms in total. The second kappa shape index (κ2) is 5.88. The van der Waals surface area contributed by atoms with E-state index in [4.69, 9.17) is 7.58 Å². The van der Waals surface area contributed by atoms with Gasteiger partial charge in [0.2, 0.25) is 5.69 Å². The van der Waals surface area contributed by atoms with Crippen LogP contribution < -0.4 is 5.48 Å². The molecular formula is C9H10N4O7. The average molecular weight is 288 g/mol. The molecule has 0 aliphatic heterocycles. The van der Waals surface area contributed by atoms with Crippen molar-refractivity contribution in [3.63, 3.8) is 0 Å². The van der Waals surface area contributed by atoms with Crippen LogP contribution in [0, 0.1) is 30.3 Å². The first-order valence-corrected chi connectivity index (χ1v) is 5.11. The molecule has 0 amide bonds. The molecule has 20 heavy (non-hydrogen) atoms. The highest BCUT2D eigenvalue weighted by Crippen LogP contribution is 2.38. The van der Waals surface area contributed by atoms with Crippen molar-refractivity contribution in [2.24, 2.45) is 0 Å². The predicted molar refractivity (Wildman–Crippen MR) is 66.2 cm³/mol. The van der Waals surface area contributed by atoms with Crippen LogP contribution in [0.25, 0.3) is 0 Å². The highest BCUT2D eigenvalue weighted by Gasteiger charge is 2.31. The van der Waals surface area contributed by atoms with E-state index in [1.165, 1.54) is 13.8 Å². The van der Waals surface area contributed by atoms with Crippen LogP contribution in [0.1, 0.15) is 16.6 Å². The number of rotatable bonds is 6. The third-order valence-corrected chi connectivity index (χ3v) is 1.89. The van der Waals surface area contributed by atoms with Crippen molar-refractivity contribution < 1.29 is 22.3 Å². The third kappa shape index (κ3) is 3.35. The number of benzene rings is 1. The van der Waals surface area contributed by atoms with Crippen molar-refractivity contribution in [3.8, 4) is 0 Å². The van der Waals surface area contributed by atoms with E-state index in [1.54, 1.807) is 0 Å². The van der Waals surface area contributed by atoms with Gasteiger partial charge in [0.25, 0.3) is 5.69 Å². The van der Waals surface area contributed by atoms with Gasteiger partial charge in [-0.05, 0) is 13.8 Å². The first-order valence-electron chi connectivity index (χ1n) is 6.11. The Hall–Kier alpha value is -2.82. The lowest BCUT2D eigenvalue weighted by Gasteiger charge is -2.10. The SMILES string of the molecule is [2H]c1c([N+](=O)[O-])c([2H])c([N+](=O)[O-])c(NOC(C)C)c1[N+](=O)[O-]. The third-order valence-electron chi connectivity index (χ3n) is 1.89. The van der Waals surface area contributed by atoms with E-state index in [-0.39, 0.29) is 0 Å². The Morgan fingerprint density at radius 1 is 1.10 bits per heavy atom. The van der Waals surface area contributed by atoms with Crippen molar-refractivity contribution in [3.05, 3.63) is 42.4 Å². The molecule has 0 saturated carbocycles. The van der Waals surface area contributed by atoms with Crippen LogP contribution in [0.2, 0.25) is 0 Å². The second-order valence-corrected chi connectivity index (χ2v) is 3.71. The van der Waals surface area contributed by atoms with E-state index >= 15 is 0 Å². The van der Waals surface area contributed by atoms with Gasteiger partial charge >= 0.3 is 11.4 Å². The van der Waals surface area contributed by atoms with Crippen LogP contribution in [-0.2, 0) is 4.84 Å². The lowest BCUT2D eigenvalue weighted by atomic mass is 10.2. The van der Waals surface area contributed by atoms with E-state index in [2.05, 4.69) is 0 Å². The van der Waals surface area contributed by atoms with Crippen LogP contribution in [0.15, 0.2) is 12.1 Å². The summed E-state index contributed by atoms with van der Waals surface area (Å²) in [7, 11) is 0. The van der Waals surface area contributed by atoms with Crippen LogP contribution in [-0.4, -0.2) is 20.9 Å². The summed E-state index contributed by atoms with van der Waals surface area (Å²) in [5, 5.41) is 32.9. The smallest absolute Gasteiger partial charge is 0.273 e. The molecule has 0 spiro atoms. The maximum Gasteiger partial charge on any atom is 0.308 e. The Morgan fingerprint density at radius 3 is 1.85 bits per heavy atom. The van der Waals surface area contributed by atoms with Crippen LogP contribution in [0.5, 0.6) is 0 Å². The largest absolute Gasteiger partial charge is 0.308 e. The Balaban J connectivity index is 3.81. The molecule has 0 aromatic heterocycles. The van der Waals surface area contributed by atoms with Crippen molar-refractivity contribution in [2.45, 2.75) is 20.0 Å². The van der Waals surface area contributed by atoms with Crippen molar-refractivity contribution in [1.82, 2.24) is 0 Å². The van der Waals surface area contributed by atoms with E-state index in [0.29, 0.717) is 0 Å². The first-order chi connectivity index (χ1) is 10.1. The fourth-order valence-electron chi connectivity index (χ4n) is 1.13. The molecule has 1 aromatic rings. The zero-order valence-corrected chi connectivity index (χ0v) is 10.3. The van der Waals surface area contributed by atoms with E-state index in [1.807, 2.05) is 5.48 Å².